The second-order valence-electron chi connectivity index (χ2n) is 5.02. The molecule has 0 radical (unpaired) electrons. The number of benzene rings is 1. The van der Waals surface area contributed by atoms with Crippen LogP contribution in [0.4, 0.5) is 0 Å². The van der Waals surface area contributed by atoms with Crippen LogP contribution in [0.3, 0.4) is 0 Å². The number of ether oxygens (including phenoxy) is 1. The monoisotopic (exact) mass is 261 g/mol. The first-order chi connectivity index (χ1) is 9.24. The first-order valence-corrected chi connectivity index (χ1v) is 6.98. The molecule has 0 aliphatic heterocycles. The summed E-state index contributed by atoms with van der Waals surface area (Å²) in [6, 6.07) is 10.8. The molecule has 1 N–H and O–H groups in total. The Bertz CT molecular complexity index is 467. The summed E-state index contributed by atoms with van der Waals surface area (Å²) in [5.41, 5.74) is 0.949. The van der Waals surface area contributed by atoms with E-state index in [1.807, 2.05) is 18.2 Å². The van der Waals surface area contributed by atoms with Crippen LogP contribution in [0.1, 0.15) is 38.5 Å². The molecule has 2 atom stereocenters. The molecule has 0 fully saturated rings. The Morgan fingerprint density at radius 1 is 1.32 bits per heavy atom. The molecule has 2 rings (SSSR count). The lowest BCUT2D eigenvalue weighted by Crippen LogP contribution is -2.34. The van der Waals surface area contributed by atoms with Gasteiger partial charge in [0.2, 0.25) is 0 Å². The standard InChI is InChI=1S/C16H23NO2/c1-4-7-14(11-18-3)17-12(2)16-10-13-8-5-6-9-15(13)19-16/h5-6,8-10,12,14,17H,4,7,11H2,1-3H3. The number of hydrogen-bond acceptors (Lipinski definition) is 3. The summed E-state index contributed by atoms with van der Waals surface area (Å²) in [7, 11) is 1.75. The Morgan fingerprint density at radius 3 is 2.79 bits per heavy atom. The van der Waals surface area contributed by atoms with E-state index >= 15 is 0 Å². The predicted octanol–water partition coefficient (Wildman–Crippen LogP) is 3.90. The summed E-state index contributed by atoms with van der Waals surface area (Å²) < 4.78 is 11.1. The molecule has 0 aliphatic carbocycles. The fourth-order valence-electron chi connectivity index (χ4n) is 2.42. The summed E-state index contributed by atoms with van der Waals surface area (Å²) in [6.45, 7) is 5.06. The zero-order chi connectivity index (χ0) is 13.7. The van der Waals surface area contributed by atoms with Crippen LogP contribution in [-0.2, 0) is 4.74 Å². The molecule has 3 heteroatoms. The van der Waals surface area contributed by atoms with Gasteiger partial charge < -0.3 is 14.5 Å². The average molecular weight is 261 g/mol. The molecule has 2 aromatic rings. The van der Waals surface area contributed by atoms with E-state index in [9.17, 15) is 0 Å². The first kappa shape index (κ1) is 14.1. The third kappa shape index (κ3) is 3.58. The smallest absolute Gasteiger partial charge is 0.134 e. The fourth-order valence-corrected chi connectivity index (χ4v) is 2.42. The average Bonchev–Trinajstić information content (AvgIpc) is 2.83. The van der Waals surface area contributed by atoms with E-state index in [0.29, 0.717) is 6.04 Å². The van der Waals surface area contributed by atoms with Gasteiger partial charge in [0.1, 0.15) is 11.3 Å². The second-order valence-corrected chi connectivity index (χ2v) is 5.02. The third-order valence-corrected chi connectivity index (χ3v) is 3.36. The van der Waals surface area contributed by atoms with Gasteiger partial charge in [0.15, 0.2) is 0 Å². The quantitative estimate of drug-likeness (QED) is 0.821. The van der Waals surface area contributed by atoms with Gasteiger partial charge in [0.05, 0.1) is 12.6 Å². The highest BCUT2D eigenvalue weighted by molar-refractivity contribution is 5.77. The Morgan fingerprint density at radius 2 is 2.11 bits per heavy atom. The number of hydrogen-bond donors (Lipinski definition) is 1. The number of rotatable bonds is 7. The van der Waals surface area contributed by atoms with Gasteiger partial charge in [-0.05, 0) is 25.5 Å². The van der Waals surface area contributed by atoms with Crippen molar-refractivity contribution >= 4 is 11.0 Å². The molecule has 1 heterocycles. The van der Waals surface area contributed by atoms with Crippen LogP contribution in [0, 0.1) is 0 Å². The molecule has 0 bridgehead atoms. The minimum atomic E-state index is 0.194. The van der Waals surface area contributed by atoms with E-state index in [2.05, 4.69) is 31.3 Å². The van der Waals surface area contributed by atoms with Crippen molar-refractivity contribution in [2.45, 2.75) is 38.8 Å². The van der Waals surface area contributed by atoms with Crippen LogP contribution in [-0.4, -0.2) is 19.8 Å². The maximum Gasteiger partial charge on any atom is 0.134 e. The lowest BCUT2D eigenvalue weighted by molar-refractivity contribution is 0.155. The van der Waals surface area contributed by atoms with Crippen molar-refractivity contribution in [3.63, 3.8) is 0 Å². The lowest BCUT2D eigenvalue weighted by Gasteiger charge is -2.21. The van der Waals surface area contributed by atoms with Crippen LogP contribution >= 0.6 is 0 Å². The molecule has 1 aromatic heterocycles. The van der Waals surface area contributed by atoms with Crippen molar-refractivity contribution in [2.24, 2.45) is 0 Å². The van der Waals surface area contributed by atoms with Crippen LogP contribution in [0.25, 0.3) is 11.0 Å². The lowest BCUT2D eigenvalue weighted by atomic mass is 10.1. The zero-order valence-electron chi connectivity index (χ0n) is 12.0. The van der Waals surface area contributed by atoms with Gasteiger partial charge in [-0.1, -0.05) is 31.5 Å². The zero-order valence-corrected chi connectivity index (χ0v) is 12.0. The molecule has 0 saturated heterocycles. The van der Waals surface area contributed by atoms with Crippen LogP contribution < -0.4 is 5.32 Å². The molecule has 0 spiro atoms. The number of methoxy groups -OCH3 is 1. The van der Waals surface area contributed by atoms with E-state index in [1.54, 1.807) is 7.11 Å². The van der Waals surface area contributed by atoms with E-state index in [-0.39, 0.29) is 6.04 Å². The van der Waals surface area contributed by atoms with Crippen LogP contribution in [0.15, 0.2) is 34.7 Å². The molecule has 0 saturated carbocycles. The van der Waals surface area contributed by atoms with E-state index in [1.165, 1.54) is 0 Å². The number of fused-ring (bicyclic) bond motifs is 1. The third-order valence-electron chi connectivity index (χ3n) is 3.36. The van der Waals surface area contributed by atoms with Crippen molar-refractivity contribution in [3.05, 3.63) is 36.1 Å². The maximum absolute atomic E-state index is 5.88. The summed E-state index contributed by atoms with van der Waals surface area (Å²) in [5.74, 6) is 0.985. The largest absolute Gasteiger partial charge is 0.459 e. The summed E-state index contributed by atoms with van der Waals surface area (Å²) >= 11 is 0. The first-order valence-electron chi connectivity index (χ1n) is 6.98. The van der Waals surface area contributed by atoms with Crippen molar-refractivity contribution < 1.29 is 9.15 Å². The number of furan rings is 1. The Hall–Kier alpha value is -1.32. The van der Waals surface area contributed by atoms with Gasteiger partial charge in [0, 0.05) is 18.5 Å². The maximum atomic E-state index is 5.88. The Kier molecular flexibility index (Phi) is 5.00. The van der Waals surface area contributed by atoms with Crippen molar-refractivity contribution in [3.8, 4) is 0 Å². The van der Waals surface area contributed by atoms with Crippen LogP contribution in [0.5, 0.6) is 0 Å². The normalized spacial score (nSPS) is 14.7. The molecule has 0 amide bonds. The number of nitrogens with one attached hydrogen (secondary N) is 1. The second kappa shape index (κ2) is 6.73. The summed E-state index contributed by atoms with van der Waals surface area (Å²) in [6.07, 6.45) is 2.26. The van der Waals surface area contributed by atoms with Crippen molar-refractivity contribution in [2.75, 3.05) is 13.7 Å². The molecule has 3 nitrogen and oxygen atoms in total. The van der Waals surface area contributed by atoms with Gasteiger partial charge in [-0.3, -0.25) is 0 Å². The molecule has 2 unspecified atom stereocenters. The van der Waals surface area contributed by atoms with Gasteiger partial charge in [-0.15, -0.1) is 0 Å². The minimum absolute atomic E-state index is 0.194. The molecule has 19 heavy (non-hydrogen) atoms. The van der Waals surface area contributed by atoms with Crippen LogP contribution in [0.2, 0.25) is 0 Å². The van der Waals surface area contributed by atoms with E-state index in [0.717, 1.165) is 36.2 Å². The molecule has 0 aliphatic rings. The SMILES string of the molecule is CCCC(COC)NC(C)c1cc2ccccc2o1. The van der Waals surface area contributed by atoms with E-state index in [4.69, 9.17) is 9.15 Å². The van der Waals surface area contributed by atoms with Gasteiger partial charge in [-0.2, -0.15) is 0 Å². The molecular weight excluding hydrogens is 238 g/mol. The summed E-state index contributed by atoms with van der Waals surface area (Å²) in [4.78, 5) is 0. The fraction of sp³-hybridized carbons (Fsp3) is 0.500. The summed E-state index contributed by atoms with van der Waals surface area (Å²) in [5, 5.41) is 4.73. The van der Waals surface area contributed by atoms with Gasteiger partial charge >= 0.3 is 0 Å². The minimum Gasteiger partial charge on any atom is -0.459 e. The highest BCUT2D eigenvalue weighted by atomic mass is 16.5. The molecule has 1 aromatic carbocycles. The highest BCUT2D eigenvalue weighted by Crippen LogP contribution is 2.24. The van der Waals surface area contributed by atoms with Crippen molar-refractivity contribution in [1.29, 1.82) is 0 Å². The Balaban J connectivity index is 2.07. The van der Waals surface area contributed by atoms with Crippen molar-refractivity contribution in [1.82, 2.24) is 5.32 Å². The highest BCUT2D eigenvalue weighted by Gasteiger charge is 2.15. The molecule has 104 valence electrons. The van der Waals surface area contributed by atoms with Gasteiger partial charge in [0.25, 0.3) is 0 Å². The predicted molar refractivity (Wildman–Crippen MR) is 78.3 cm³/mol. The van der Waals surface area contributed by atoms with Gasteiger partial charge in [-0.25, -0.2) is 0 Å². The van der Waals surface area contributed by atoms with E-state index < -0.39 is 0 Å². The Labute approximate surface area is 114 Å². The number of para-hydroxylation sites is 1. The topological polar surface area (TPSA) is 34.4 Å². The molecular formula is C16H23NO2.